The zero-order valence-electron chi connectivity index (χ0n) is 15.5. The summed E-state index contributed by atoms with van der Waals surface area (Å²) in [4.78, 5) is 13.0. The van der Waals surface area contributed by atoms with Crippen LogP contribution in [0.3, 0.4) is 0 Å². The Morgan fingerprint density at radius 3 is 2.59 bits per heavy atom. The number of alkyl halides is 3. The number of ether oxygens (including phenoxy) is 2. The standard InChI is InChI=1S/C20H17F4NO3S/c1-11-17-13(21)4-3-5-16(17)29-18(11)19(26)25-14-10-12(20(22,23)24)6-7-15(14)28-9-8-27-2/h3-7,10H,8-9H2,1-2H3,(H,25,26). The van der Waals surface area contributed by atoms with Gasteiger partial charge in [0.25, 0.3) is 5.91 Å². The largest absolute Gasteiger partial charge is 0.489 e. The summed E-state index contributed by atoms with van der Waals surface area (Å²) in [7, 11) is 1.46. The molecule has 3 aromatic rings. The number of methoxy groups -OCH3 is 1. The number of thiophene rings is 1. The number of amides is 1. The maximum Gasteiger partial charge on any atom is 0.416 e. The number of halogens is 4. The van der Waals surface area contributed by atoms with E-state index in [9.17, 15) is 22.4 Å². The molecule has 0 saturated heterocycles. The summed E-state index contributed by atoms with van der Waals surface area (Å²) < 4.78 is 64.3. The molecule has 1 heterocycles. The number of aryl methyl sites for hydroxylation is 1. The number of nitrogens with one attached hydrogen (secondary N) is 1. The van der Waals surface area contributed by atoms with Crippen LogP contribution in [-0.4, -0.2) is 26.2 Å². The van der Waals surface area contributed by atoms with E-state index in [1.165, 1.54) is 19.2 Å². The Morgan fingerprint density at radius 1 is 1.17 bits per heavy atom. The van der Waals surface area contributed by atoms with Gasteiger partial charge in [-0.05, 0) is 42.8 Å². The molecule has 0 aliphatic rings. The summed E-state index contributed by atoms with van der Waals surface area (Å²) in [5.41, 5.74) is -0.626. The van der Waals surface area contributed by atoms with Gasteiger partial charge in [0.2, 0.25) is 0 Å². The van der Waals surface area contributed by atoms with Crippen LogP contribution in [0.4, 0.5) is 23.2 Å². The highest BCUT2D eigenvalue weighted by Crippen LogP contribution is 2.37. The molecule has 0 fully saturated rings. The van der Waals surface area contributed by atoms with Crippen LogP contribution in [0.15, 0.2) is 36.4 Å². The molecule has 0 atom stereocenters. The van der Waals surface area contributed by atoms with Crippen molar-refractivity contribution in [3.05, 3.63) is 58.2 Å². The van der Waals surface area contributed by atoms with E-state index in [1.54, 1.807) is 13.0 Å². The zero-order valence-corrected chi connectivity index (χ0v) is 16.3. The first-order chi connectivity index (χ1) is 13.7. The van der Waals surface area contributed by atoms with E-state index < -0.39 is 23.5 Å². The SMILES string of the molecule is COCCOc1ccc(C(F)(F)F)cc1NC(=O)c1sc2cccc(F)c2c1C. The lowest BCUT2D eigenvalue weighted by molar-refractivity contribution is -0.137. The second-order valence-corrected chi connectivity index (χ2v) is 7.23. The van der Waals surface area contributed by atoms with Crippen molar-refractivity contribution in [2.45, 2.75) is 13.1 Å². The van der Waals surface area contributed by atoms with Crippen molar-refractivity contribution in [2.75, 3.05) is 25.6 Å². The van der Waals surface area contributed by atoms with Crippen molar-refractivity contribution in [1.82, 2.24) is 0 Å². The summed E-state index contributed by atoms with van der Waals surface area (Å²) in [6.07, 6.45) is -4.58. The van der Waals surface area contributed by atoms with Gasteiger partial charge in [0, 0.05) is 17.2 Å². The van der Waals surface area contributed by atoms with Crippen molar-refractivity contribution in [1.29, 1.82) is 0 Å². The summed E-state index contributed by atoms with van der Waals surface area (Å²) in [5, 5.41) is 2.79. The average molecular weight is 427 g/mol. The Morgan fingerprint density at radius 2 is 1.93 bits per heavy atom. The quantitative estimate of drug-likeness (QED) is 0.409. The highest BCUT2D eigenvalue weighted by atomic mass is 32.1. The number of carbonyl (C=O) groups is 1. The van der Waals surface area contributed by atoms with Crippen LogP contribution >= 0.6 is 11.3 Å². The summed E-state index contributed by atoms with van der Waals surface area (Å²) >= 11 is 1.07. The third-order valence-electron chi connectivity index (χ3n) is 4.21. The van der Waals surface area contributed by atoms with Gasteiger partial charge in [0.1, 0.15) is 18.2 Å². The molecule has 9 heteroatoms. The molecule has 4 nitrogen and oxygen atoms in total. The lowest BCUT2D eigenvalue weighted by Crippen LogP contribution is -2.15. The third kappa shape index (κ3) is 4.51. The van der Waals surface area contributed by atoms with Crippen LogP contribution in [0.1, 0.15) is 20.8 Å². The van der Waals surface area contributed by atoms with Gasteiger partial charge in [-0.15, -0.1) is 11.3 Å². The molecular weight excluding hydrogens is 410 g/mol. The Bertz CT molecular complexity index is 1050. The fourth-order valence-corrected chi connectivity index (χ4v) is 3.93. The molecule has 0 saturated carbocycles. The molecule has 1 N–H and O–H groups in total. The molecule has 0 bridgehead atoms. The van der Waals surface area contributed by atoms with Crippen LogP contribution in [0.25, 0.3) is 10.1 Å². The van der Waals surface area contributed by atoms with Gasteiger partial charge in [-0.1, -0.05) is 6.07 Å². The van der Waals surface area contributed by atoms with Crippen molar-refractivity contribution in [3.63, 3.8) is 0 Å². The number of hydrogen-bond acceptors (Lipinski definition) is 4. The molecule has 2 aromatic carbocycles. The molecule has 1 amide bonds. The second kappa shape index (κ2) is 8.38. The lowest BCUT2D eigenvalue weighted by Gasteiger charge is -2.15. The number of hydrogen-bond donors (Lipinski definition) is 1. The number of carbonyl (C=O) groups excluding carboxylic acids is 1. The number of anilines is 1. The first-order valence-corrected chi connectivity index (χ1v) is 9.36. The number of rotatable bonds is 6. The summed E-state index contributed by atoms with van der Waals surface area (Å²) in [5.74, 6) is -1.02. The maximum atomic E-state index is 14.1. The van der Waals surface area contributed by atoms with Gasteiger partial charge >= 0.3 is 6.18 Å². The number of benzene rings is 2. The molecular formula is C20H17F4NO3S. The minimum Gasteiger partial charge on any atom is -0.489 e. The van der Waals surface area contributed by atoms with Gasteiger partial charge in [0.05, 0.1) is 22.7 Å². The van der Waals surface area contributed by atoms with Crippen LogP contribution in [-0.2, 0) is 10.9 Å². The molecule has 154 valence electrons. The fraction of sp³-hybridized carbons (Fsp3) is 0.250. The average Bonchev–Trinajstić information content (AvgIpc) is 3.00. The molecule has 29 heavy (non-hydrogen) atoms. The molecule has 0 aliphatic carbocycles. The van der Waals surface area contributed by atoms with Gasteiger partial charge in [0.15, 0.2) is 0 Å². The Kier molecular flexibility index (Phi) is 6.09. The molecule has 0 aliphatic heterocycles. The van der Waals surface area contributed by atoms with Crippen LogP contribution in [0, 0.1) is 12.7 Å². The monoisotopic (exact) mass is 427 g/mol. The fourth-order valence-electron chi connectivity index (χ4n) is 2.81. The predicted molar refractivity (Wildman–Crippen MR) is 103 cm³/mol. The highest BCUT2D eigenvalue weighted by Gasteiger charge is 2.31. The molecule has 1 aromatic heterocycles. The minimum absolute atomic E-state index is 0.0772. The Hall–Kier alpha value is -2.65. The van der Waals surface area contributed by atoms with Crippen molar-refractivity contribution < 1.29 is 31.8 Å². The van der Waals surface area contributed by atoms with Crippen molar-refractivity contribution >= 4 is 33.0 Å². The van der Waals surface area contributed by atoms with Crippen LogP contribution in [0.2, 0.25) is 0 Å². The van der Waals surface area contributed by atoms with E-state index in [0.29, 0.717) is 15.6 Å². The van der Waals surface area contributed by atoms with E-state index in [4.69, 9.17) is 9.47 Å². The highest BCUT2D eigenvalue weighted by molar-refractivity contribution is 7.21. The number of fused-ring (bicyclic) bond motifs is 1. The van der Waals surface area contributed by atoms with Crippen molar-refractivity contribution in [3.8, 4) is 5.75 Å². The van der Waals surface area contributed by atoms with Gasteiger partial charge in [-0.2, -0.15) is 13.2 Å². The van der Waals surface area contributed by atoms with Crippen LogP contribution in [0.5, 0.6) is 5.75 Å². The predicted octanol–water partition coefficient (Wildman–Crippen LogP) is 5.65. The normalized spacial score (nSPS) is 11.7. The molecule has 3 rings (SSSR count). The topological polar surface area (TPSA) is 47.6 Å². The maximum absolute atomic E-state index is 14.1. The zero-order chi connectivity index (χ0) is 21.2. The van der Waals surface area contributed by atoms with Gasteiger partial charge in [-0.25, -0.2) is 4.39 Å². The first-order valence-electron chi connectivity index (χ1n) is 8.54. The summed E-state index contributed by atoms with van der Waals surface area (Å²) in [6.45, 7) is 1.92. The molecule has 0 radical (unpaired) electrons. The Labute approximate surface area is 168 Å². The Balaban J connectivity index is 1.96. The van der Waals surface area contributed by atoms with E-state index in [-0.39, 0.29) is 29.5 Å². The van der Waals surface area contributed by atoms with Gasteiger partial charge in [-0.3, -0.25) is 4.79 Å². The van der Waals surface area contributed by atoms with Crippen LogP contribution < -0.4 is 10.1 Å². The smallest absolute Gasteiger partial charge is 0.416 e. The first kappa shape index (κ1) is 21.1. The third-order valence-corrected chi connectivity index (χ3v) is 5.47. The van der Waals surface area contributed by atoms with Gasteiger partial charge < -0.3 is 14.8 Å². The van der Waals surface area contributed by atoms with Crippen molar-refractivity contribution in [2.24, 2.45) is 0 Å². The second-order valence-electron chi connectivity index (χ2n) is 6.17. The van der Waals surface area contributed by atoms with E-state index in [0.717, 1.165) is 29.5 Å². The molecule has 0 unspecified atom stereocenters. The lowest BCUT2D eigenvalue weighted by atomic mass is 10.1. The van der Waals surface area contributed by atoms with E-state index in [1.807, 2.05) is 0 Å². The van der Waals surface area contributed by atoms with E-state index in [2.05, 4.69) is 5.32 Å². The minimum atomic E-state index is -4.58. The molecule has 0 spiro atoms. The van der Waals surface area contributed by atoms with E-state index >= 15 is 0 Å². The summed E-state index contributed by atoms with van der Waals surface area (Å²) in [6, 6.07) is 7.32.